The van der Waals surface area contributed by atoms with Crippen LogP contribution in [0.5, 0.6) is 0 Å². The fraction of sp³-hybridized carbons (Fsp3) is 0.500. The summed E-state index contributed by atoms with van der Waals surface area (Å²) >= 11 is 0. The smallest absolute Gasteiger partial charge is 0.139 e. The molecule has 0 bridgehead atoms. The van der Waals surface area contributed by atoms with E-state index in [9.17, 15) is 0 Å². The molecule has 1 heterocycles. The molecule has 22 heavy (non-hydrogen) atoms. The van der Waals surface area contributed by atoms with Gasteiger partial charge in [0.15, 0.2) is 0 Å². The molecule has 0 saturated carbocycles. The van der Waals surface area contributed by atoms with Gasteiger partial charge in [0.1, 0.15) is 5.82 Å². The van der Waals surface area contributed by atoms with Crippen molar-refractivity contribution < 1.29 is 4.74 Å². The van der Waals surface area contributed by atoms with E-state index in [0.29, 0.717) is 6.04 Å². The number of hydrogen-bond acceptors (Lipinski definition) is 3. The van der Waals surface area contributed by atoms with Gasteiger partial charge in [-0.15, -0.1) is 0 Å². The molecule has 1 aromatic heterocycles. The first kappa shape index (κ1) is 16.7. The van der Waals surface area contributed by atoms with Crippen LogP contribution in [0.25, 0.3) is 11.4 Å². The van der Waals surface area contributed by atoms with Crippen molar-refractivity contribution in [3.8, 4) is 11.4 Å². The zero-order valence-corrected chi connectivity index (χ0v) is 14.5. The van der Waals surface area contributed by atoms with E-state index in [1.165, 1.54) is 5.56 Å². The molecule has 0 aliphatic carbocycles. The molecule has 0 aliphatic heterocycles. The van der Waals surface area contributed by atoms with Crippen LogP contribution in [-0.4, -0.2) is 41.3 Å². The Bertz CT molecular complexity index is 616. The molecule has 0 amide bonds. The number of hydrogen-bond donors (Lipinski definition) is 0. The highest BCUT2D eigenvalue weighted by Crippen LogP contribution is 2.25. The molecular formula is C18H27N3O. The quantitative estimate of drug-likeness (QED) is 0.816. The average Bonchev–Trinajstić information content (AvgIpc) is 2.94. The lowest BCUT2D eigenvalue weighted by Gasteiger charge is -2.24. The van der Waals surface area contributed by atoms with Gasteiger partial charge in [-0.05, 0) is 46.5 Å². The molecule has 0 N–H and O–H groups in total. The van der Waals surface area contributed by atoms with E-state index in [1.54, 1.807) is 7.11 Å². The molecule has 120 valence electrons. The Kier molecular flexibility index (Phi) is 5.04. The van der Waals surface area contributed by atoms with Crippen LogP contribution in [0.2, 0.25) is 0 Å². The van der Waals surface area contributed by atoms with Gasteiger partial charge in [-0.3, -0.25) is 0 Å². The Morgan fingerprint density at radius 3 is 2.68 bits per heavy atom. The molecular weight excluding hydrogens is 274 g/mol. The van der Waals surface area contributed by atoms with Crippen molar-refractivity contribution in [2.45, 2.75) is 39.0 Å². The molecule has 4 heteroatoms. The third-order valence-electron chi connectivity index (χ3n) is 4.22. The van der Waals surface area contributed by atoms with Crippen LogP contribution in [0.3, 0.4) is 0 Å². The van der Waals surface area contributed by atoms with Crippen LogP contribution < -0.4 is 0 Å². The molecule has 1 aromatic carbocycles. The molecule has 2 aromatic rings. The van der Waals surface area contributed by atoms with E-state index in [0.717, 1.165) is 17.9 Å². The summed E-state index contributed by atoms with van der Waals surface area (Å²) in [7, 11) is 5.94. The van der Waals surface area contributed by atoms with E-state index in [-0.39, 0.29) is 5.60 Å². The standard InChI is InChI=1S/C18H27N3O/c1-14(20(4)5)15-8-7-9-16(12-15)17-19-10-11-21(17)13-18(2,3)22-6/h7-12,14H,13H2,1-6H3/t14-/m0/s1. The largest absolute Gasteiger partial charge is 0.377 e. The van der Waals surface area contributed by atoms with E-state index >= 15 is 0 Å². The van der Waals surface area contributed by atoms with Crippen molar-refractivity contribution in [1.29, 1.82) is 0 Å². The van der Waals surface area contributed by atoms with Crippen LogP contribution in [0.1, 0.15) is 32.4 Å². The zero-order chi connectivity index (χ0) is 16.3. The van der Waals surface area contributed by atoms with Gasteiger partial charge < -0.3 is 14.2 Å². The Morgan fingerprint density at radius 1 is 1.32 bits per heavy atom. The van der Waals surface area contributed by atoms with Gasteiger partial charge in [0.25, 0.3) is 0 Å². The van der Waals surface area contributed by atoms with Crippen molar-refractivity contribution >= 4 is 0 Å². The lowest BCUT2D eigenvalue weighted by molar-refractivity contribution is 0.00850. The number of aromatic nitrogens is 2. The van der Waals surface area contributed by atoms with E-state index in [2.05, 4.69) is 73.6 Å². The summed E-state index contributed by atoms with van der Waals surface area (Å²) in [5.41, 5.74) is 2.22. The van der Waals surface area contributed by atoms with Gasteiger partial charge in [-0.1, -0.05) is 18.2 Å². The molecule has 0 aliphatic rings. The second-order valence-corrected chi connectivity index (χ2v) is 6.61. The normalized spacial score (nSPS) is 13.6. The predicted molar refractivity (Wildman–Crippen MR) is 90.9 cm³/mol. The number of methoxy groups -OCH3 is 1. The number of imidazole rings is 1. The molecule has 0 spiro atoms. The Morgan fingerprint density at radius 2 is 2.05 bits per heavy atom. The maximum absolute atomic E-state index is 5.54. The summed E-state index contributed by atoms with van der Waals surface area (Å²) < 4.78 is 7.70. The Balaban J connectivity index is 2.34. The second-order valence-electron chi connectivity index (χ2n) is 6.61. The highest BCUT2D eigenvalue weighted by Gasteiger charge is 2.19. The van der Waals surface area contributed by atoms with Crippen molar-refractivity contribution in [2.24, 2.45) is 0 Å². The number of ether oxygens (including phenoxy) is 1. The van der Waals surface area contributed by atoms with E-state index < -0.39 is 0 Å². The number of nitrogens with zero attached hydrogens (tertiary/aromatic N) is 3. The van der Waals surface area contributed by atoms with Crippen molar-refractivity contribution in [2.75, 3.05) is 21.2 Å². The molecule has 0 unspecified atom stereocenters. The van der Waals surface area contributed by atoms with Crippen LogP contribution in [-0.2, 0) is 11.3 Å². The van der Waals surface area contributed by atoms with Crippen LogP contribution in [0.15, 0.2) is 36.7 Å². The first-order chi connectivity index (χ1) is 10.3. The van der Waals surface area contributed by atoms with Gasteiger partial charge >= 0.3 is 0 Å². The molecule has 0 saturated heterocycles. The summed E-state index contributed by atoms with van der Waals surface area (Å²) in [6, 6.07) is 8.98. The van der Waals surface area contributed by atoms with Crippen LogP contribution >= 0.6 is 0 Å². The highest BCUT2D eigenvalue weighted by atomic mass is 16.5. The van der Waals surface area contributed by atoms with Gasteiger partial charge in [-0.2, -0.15) is 0 Å². The summed E-state index contributed by atoms with van der Waals surface area (Å²) in [6.07, 6.45) is 3.86. The third-order valence-corrected chi connectivity index (χ3v) is 4.22. The van der Waals surface area contributed by atoms with Crippen LogP contribution in [0, 0.1) is 0 Å². The van der Waals surface area contributed by atoms with Gasteiger partial charge in [0.2, 0.25) is 0 Å². The average molecular weight is 301 g/mol. The Labute approximate surface area is 133 Å². The summed E-state index contributed by atoms with van der Waals surface area (Å²) in [5, 5.41) is 0. The molecule has 1 atom stereocenters. The minimum absolute atomic E-state index is 0.218. The van der Waals surface area contributed by atoms with Crippen molar-refractivity contribution in [3.05, 3.63) is 42.2 Å². The number of rotatable bonds is 6. The topological polar surface area (TPSA) is 30.3 Å². The minimum Gasteiger partial charge on any atom is -0.377 e. The SMILES string of the molecule is COC(C)(C)Cn1ccnc1-c1cccc([C@H](C)N(C)C)c1. The zero-order valence-electron chi connectivity index (χ0n) is 14.5. The summed E-state index contributed by atoms with van der Waals surface area (Å²) in [4.78, 5) is 6.75. The minimum atomic E-state index is -0.218. The molecule has 0 fully saturated rings. The highest BCUT2D eigenvalue weighted by molar-refractivity contribution is 5.57. The maximum atomic E-state index is 5.54. The molecule has 4 nitrogen and oxygen atoms in total. The fourth-order valence-electron chi connectivity index (χ4n) is 2.41. The van der Waals surface area contributed by atoms with Crippen molar-refractivity contribution in [1.82, 2.24) is 14.5 Å². The summed E-state index contributed by atoms with van der Waals surface area (Å²) in [5.74, 6) is 0.984. The fourth-order valence-corrected chi connectivity index (χ4v) is 2.41. The predicted octanol–water partition coefficient (Wildman–Crippen LogP) is 3.60. The Hall–Kier alpha value is -1.65. The molecule has 0 radical (unpaired) electrons. The maximum Gasteiger partial charge on any atom is 0.139 e. The first-order valence-corrected chi connectivity index (χ1v) is 7.67. The molecule has 2 rings (SSSR count). The lowest BCUT2D eigenvalue weighted by atomic mass is 10.0. The third kappa shape index (κ3) is 3.76. The van der Waals surface area contributed by atoms with Crippen LogP contribution in [0.4, 0.5) is 0 Å². The lowest BCUT2D eigenvalue weighted by Crippen LogP contribution is -2.29. The van der Waals surface area contributed by atoms with Crippen molar-refractivity contribution in [3.63, 3.8) is 0 Å². The van der Waals surface area contributed by atoms with E-state index in [1.807, 2.05) is 12.4 Å². The van der Waals surface area contributed by atoms with Gasteiger partial charge in [0.05, 0.1) is 12.1 Å². The van der Waals surface area contributed by atoms with Gasteiger partial charge in [-0.25, -0.2) is 4.98 Å². The summed E-state index contributed by atoms with van der Waals surface area (Å²) in [6.45, 7) is 7.15. The monoisotopic (exact) mass is 301 g/mol. The second kappa shape index (κ2) is 6.63. The number of benzene rings is 1. The van der Waals surface area contributed by atoms with E-state index in [4.69, 9.17) is 4.74 Å². The van der Waals surface area contributed by atoms with Gasteiger partial charge in [0, 0.05) is 31.1 Å². The first-order valence-electron chi connectivity index (χ1n) is 7.67.